The molecule has 2 atom stereocenters. The summed E-state index contributed by atoms with van der Waals surface area (Å²) in [5.41, 5.74) is 11.6. The SMILES string of the molecule is C[C@@H](N)CCCCCCCCCCCOCCOCCOCCCCCCCCCCC[C@@H](C)N. The van der Waals surface area contributed by atoms with E-state index in [0.29, 0.717) is 38.5 Å². The molecule has 0 spiro atoms. The van der Waals surface area contributed by atoms with Crippen LogP contribution in [0.3, 0.4) is 0 Å². The molecule has 5 nitrogen and oxygen atoms in total. The first-order valence-electron chi connectivity index (χ1n) is 15.4. The maximum Gasteiger partial charge on any atom is 0.0701 e. The molecule has 0 heterocycles. The molecular weight excluding hydrogens is 436 g/mol. The topological polar surface area (TPSA) is 79.7 Å². The largest absolute Gasteiger partial charge is 0.379 e. The van der Waals surface area contributed by atoms with Crippen LogP contribution in [0.25, 0.3) is 0 Å². The summed E-state index contributed by atoms with van der Waals surface area (Å²) in [6.07, 6.45) is 26.2. The Morgan fingerprint density at radius 3 is 0.857 bits per heavy atom. The minimum Gasteiger partial charge on any atom is -0.379 e. The van der Waals surface area contributed by atoms with Crippen LogP contribution in [0.5, 0.6) is 0 Å². The third-order valence-electron chi connectivity index (χ3n) is 6.64. The summed E-state index contributed by atoms with van der Waals surface area (Å²) in [5, 5.41) is 0. The van der Waals surface area contributed by atoms with E-state index in [0.717, 1.165) is 13.2 Å². The predicted octanol–water partition coefficient (Wildman–Crippen LogP) is 7.53. The number of hydrogen-bond donors (Lipinski definition) is 2. The van der Waals surface area contributed by atoms with Gasteiger partial charge in [0.05, 0.1) is 26.4 Å². The number of rotatable bonds is 30. The molecule has 4 N–H and O–H groups in total. The quantitative estimate of drug-likeness (QED) is 0.0996. The summed E-state index contributed by atoms with van der Waals surface area (Å²) in [6, 6.07) is 0.739. The van der Waals surface area contributed by atoms with Crippen molar-refractivity contribution in [2.24, 2.45) is 11.5 Å². The molecule has 5 heteroatoms. The zero-order valence-electron chi connectivity index (χ0n) is 23.9. The molecule has 0 aliphatic heterocycles. The first-order valence-corrected chi connectivity index (χ1v) is 15.4. The standard InChI is InChI=1S/C30H64N2O3/c1-29(31)21-17-13-9-5-3-7-11-15-19-23-33-25-27-35-28-26-34-24-20-16-12-8-4-6-10-14-18-22-30(2)32/h29-30H,3-28,31-32H2,1-2H3/t29-,30-/m1/s1. The van der Waals surface area contributed by atoms with Gasteiger partial charge in [0, 0.05) is 25.3 Å². The average Bonchev–Trinajstić information content (AvgIpc) is 2.82. The fourth-order valence-electron chi connectivity index (χ4n) is 4.36. The van der Waals surface area contributed by atoms with Crippen LogP contribution in [0.4, 0.5) is 0 Å². The van der Waals surface area contributed by atoms with E-state index in [-0.39, 0.29) is 0 Å². The molecule has 0 fully saturated rings. The zero-order chi connectivity index (χ0) is 25.7. The van der Waals surface area contributed by atoms with Gasteiger partial charge in [-0.2, -0.15) is 0 Å². The van der Waals surface area contributed by atoms with Crippen LogP contribution < -0.4 is 11.5 Å². The molecule has 0 aromatic heterocycles. The van der Waals surface area contributed by atoms with Gasteiger partial charge in [0.2, 0.25) is 0 Å². The highest BCUT2D eigenvalue weighted by Gasteiger charge is 1.98. The lowest BCUT2D eigenvalue weighted by Crippen LogP contribution is -2.13. The molecule has 35 heavy (non-hydrogen) atoms. The summed E-state index contributed by atoms with van der Waals surface area (Å²) in [4.78, 5) is 0. The Balaban J connectivity index is 3.02. The van der Waals surface area contributed by atoms with Crippen LogP contribution in [-0.2, 0) is 14.2 Å². The number of unbranched alkanes of at least 4 members (excludes halogenated alkanes) is 16. The van der Waals surface area contributed by atoms with Gasteiger partial charge >= 0.3 is 0 Å². The Kier molecular flexibility index (Phi) is 29.9. The molecule has 212 valence electrons. The van der Waals surface area contributed by atoms with Crippen LogP contribution >= 0.6 is 0 Å². The maximum atomic E-state index is 5.78. The van der Waals surface area contributed by atoms with E-state index in [4.69, 9.17) is 25.7 Å². The fraction of sp³-hybridized carbons (Fsp3) is 1.00. The average molecular weight is 501 g/mol. The molecule has 0 aromatic carbocycles. The molecular formula is C30H64N2O3. The minimum absolute atomic E-state index is 0.370. The molecule has 0 saturated heterocycles. The van der Waals surface area contributed by atoms with Gasteiger partial charge in [-0.1, -0.05) is 103 Å². The van der Waals surface area contributed by atoms with E-state index >= 15 is 0 Å². The van der Waals surface area contributed by atoms with Gasteiger partial charge in [-0.3, -0.25) is 0 Å². The number of ether oxygens (including phenoxy) is 3. The highest BCUT2D eigenvalue weighted by molar-refractivity contribution is 4.55. The second-order valence-electron chi connectivity index (χ2n) is 10.7. The van der Waals surface area contributed by atoms with Gasteiger partial charge in [-0.25, -0.2) is 0 Å². The van der Waals surface area contributed by atoms with Gasteiger partial charge in [0.25, 0.3) is 0 Å². The Labute approximate surface area is 219 Å². The zero-order valence-corrected chi connectivity index (χ0v) is 23.9. The first kappa shape index (κ1) is 34.8. The third kappa shape index (κ3) is 33.8. The molecule has 0 unspecified atom stereocenters. The van der Waals surface area contributed by atoms with Crippen molar-refractivity contribution < 1.29 is 14.2 Å². The van der Waals surface area contributed by atoms with E-state index in [1.165, 1.54) is 128 Å². The van der Waals surface area contributed by atoms with Gasteiger partial charge < -0.3 is 25.7 Å². The van der Waals surface area contributed by atoms with Crippen molar-refractivity contribution in [2.75, 3.05) is 39.6 Å². The Hall–Kier alpha value is -0.200. The number of nitrogens with two attached hydrogens (primary N) is 2. The van der Waals surface area contributed by atoms with Crippen molar-refractivity contribution in [2.45, 2.75) is 154 Å². The lowest BCUT2D eigenvalue weighted by Gasteiger charge is -2.07. The van der Waals surface area contributed by atoms with Crippen LogP contribution in [0, 0.1) is 0 Å². The molecule has 0 radical (unpaired) electrons. The van der Waals surface area contributed by atoms with Crippen molar-refractivity contribution in [3.8, 4) is 0 Å². The van der Waals surface area contributed by atoms with Crippen molar-refractivity contribution in [3.63, 3.8) is 0 Å². The summed E-state index contributed by atoms with van der Waals surface area (Å²) < 4.78 is 16.9. The Morgan fingerprint density at radius 1 is 0.343 bits per heavy atom. The van der Waals surface area contributed by atoms with Crippen molar-refractivity contribution in [3.05, 3.63) is 0 Å². The fourth-order valence-corrected chi connectivity index (χ4v) is 4.36. The van der Waals surface area contributed by atoms with Crippen molar-refractivity contribution in [1.82, 2.24) is 0 Å². The van der Waals surface area contributed by atoms with Gasteiger partial charge in [0.15, 0.2) is 0 Å². The van der Waals surface area contributed by atoms with E-state index in [9.17, 15) is 0 Å². The van der Waals surface area contributed by atoms with Crippen LogP contribution in [0.2, 0.25) is 0 Å². The van der Waals surface area contributed by atoms with Gasteiger partial charge in [-0.15, -0.1) is 0 Å². The summed E-state index contributed by atoms with van der Waals surface area (Å²) in [7, 11) is 0. The second kappa shape index (κ2) is 30.0. The van der Waals surface area contributed by atoms with Crippen LogP contribution in [0.15, 0.2) is 0 Å². The second-order valence-corrected chi connectivity index (χ2v) is 10.7. The van der Waals surface area contributed by atoms with E-state index in [1.807, 2.05) is 0 Å². The molecule has 0 aliphatic rings. The lowest BCUT2D eigenvalue weighted by molar-refractivity contribution is 0.0132. The minimum atomic E-state index is 0.370. The monoisotopic (exact) mass is 500 g/mol. The maximum absolute atomic E-state index is 5.78. The molecule has 0 saturated carbocycles. The Bertz CT molecular complexity index is 347. The number of hydrogen-bond acceptors (Lipinski definition) is 5. The summed E-state index contributed by atoms with van der Waals surface area (Å²) >= 11 is 0. The smallest absolute Gasteiger partial charge is 0.0701 e. The molecule has 0 aliphatic carbocycles. The van der Waals surface area contributed by atoms with E-state index in [1.54, 1.807) is 0 Å². The summed E-state index contributed by atoms with van der Waals surface area (Å²) in [5.74, 6) is 0. The third-order valence-corrected chi connectivity index (χ3v) is 6.64. The van der Waals surface area contributed by atoms with Crippen LogP contribution in [-0.4, -0.2) is 51.7 Å². The normalized spacial score (nSPS) is 13.4. The molecule has 0 amide bonds. The van der Waals surface area contributed by atoms with Gasteiger partial charge in [-0.05, 0) is 39.5 Å². The highest BCUT2D eigenvalue weighted by atomic mass is 16.5. The Morgan fingerprint density at radius 2 is 0.571 bits per heavy atom. The predicted molar refractivity (Wildman–Crippen MR) is 152 cm³/mol. The van der Waals surface area contributed by atoms with Gasteiger partial charge in [0.1, 0.15) is 0 Å². The first-order chi connectivity index (χ1) is 17.1. The van der Waals surface area contributed by atoms with E-state index in [2.05, 4.69) is 13.8 Å². The van der Waals surface area contributed by atoms with Crippen molar-refractivity contribution >= 4 is 0 Å². The summed E-state index contributed by atoms with van der Waals surface area (Å²) in [6.45, 7) is 8.70. The molecule has 0 bridgehead atoms. The molecule has 0 rings (SSSR count). The van der Waals surface area contributed by atoms with Crippen molar-refractivity contribution in [1.29, 1.82) is 0 Å². The van der Waals surface area contributed by atoms with Crippen LogP contribution in [0.1, 0.15) is 142 Å². The highest BCUT2D eigenvalue weighted by Crippen LogP contribution is 2.12. The van der Waals surface area contributed by atoms with E-state index < -0.39 is 0 Å². The lowest BCUT2D eigenvalue weighted by atomic mass is 10.1. The molecule has 0 aromatic rings.